The number of nitrogens with one attached hydrogen (secondary N) is 2. The Kier molecular flexibility index (Phi) is 8.02. The van der Waals surface area contributed by atoms with Crippen molar-refractivity contribution in [3.63, 3.8) is 0 Å². The zero-order chi connectivity index (χ0) is 20.4. The number of aryl methyl sites for hydroxylation is 1. The number of imide groups is 1. The third-order valence-electron chi connectivity index (χ3n) is 3.82. The minimum absolute atomic E-state index is 0.0356. The van der Waals surface area contributed by atoms with Crippen LogP contribution in [0.3, 0.4) is 0 Å². The molecule has 0 radical (unpaired) electrons. The molecule has 0 aliphatic rings. The van der Waals surface area contributed by atoms with E-state index in [1.165, 1.54) is 0 Å². The Morgan fingerprint density at radius 1 is 1.00 bits per heavy atom. The molecule has 28 heavy (non-hydrogen) atoms. The van der Waals surface area contributed by atoms with Crippen molar-refractivity contribution in [1.82, 2.24) is 10.6 Å². The Morgan fingerprint density at radius 3 is 2.36 bits per heavy atom. The van der Waals surface area contributed by atoms with Crippen LogP contribution in [0, 0.1) is 6.92 Å². The van der Waals surface area contributed by atoms with Crippen molar-refractivity contribution in [3.8, 4) is 5.75 Å². The third kappa shape index (κ3) is 6.42. The minimum atomic E-state index is -1.23. The molecular weight excluding hydrogens is 360 g/mol. The maximum absolute atomic E-state index is 12.4. The van der Waals surface area contributed by atoms with Gasteiger partial charge in [-0.3, -0.25) is 14.9 Å². The Hall–Kier alpha value is -3.35. The molecule has 148 valence electrons. The minimum Gasteiger partial charge on any atom is -0.493 e. The summed E-state index contributed by atoms with van der Waals surface area (Å²) in [6, 6.07) is 15.3. The highest BCUT2D eigenvalue weighted by molar-refractivity contribution is 5.97. The van der Waals surface area contributed by atoms with Crippen LogP contribution < -0.4 is 15.4 Å². The molecule has 0 aliphatic heterocycles. The summed E-state index contributed by atoms with van der Waals surface area (Å²) in [4.78, 5) is 36.3. The molecule has 2 aromatic rings. The fourth-order valence-electron chi connectivity index (χ4n) is 2.44. The van der Waals surface area contributed by atoms with Crippen molar-refractivity contribution in [2.45, 2.75) is 26.4 Å². The number of para-hydroxylation sites is 1. The predicted octanol–water partition coefficient (Wildman–Crippen LogP) is 2.89. The maximum atomic E-state index is 12.4. The molecule has 7 nitrogen and oxygen atoms in total. The molecule has 0 unspecified atom stereocenters. The van der Waals surface area contributed by atoms with Crippen LogP contribution in [-0.2, 0) is 14.3 Å². The van der Waals surface area contributed by atoms with E-state index in [4.69, 9.17) is 9.47 Å². The largest absolute Gasteiger partial charge is 0.493 e. The average molecular weight is 384 g/mol. The van der Waals surface area contributed by atoms with Crippen LogP contribution in [0.15, 0.2) is 54.6 Å². The first-order valence-electron chi connectivity index (χ1n) is 9.02. The first-order chi connectivity index (χ1) is 13.5. The molecule has 0 saturated heterocycles. The van der Waals surface area contributed by atoms with Gasteiger partial charge in [-0.2, -0.15) is 0 Å². The second-order valence-corrected chi connectivity index (χ2v) is 5.99. The Morgan fingerprint density at radius 2 is 1.68 bits per heavy atom. The number of urea groups is 1. The topological polar surface area (TPSA) is 93.7 Å². The predicted molar refractivity (Wildman–Crippen MR) is 104 cm³/mol. The summed E-state index contributed by atoms with van der Waals surface area (Å²) in [5.74, 6) is -0.636. The summed E-state index contributed by atoms with van der Waals surface area (Å²) in [6.07, 6.45) is -1.26. The van der Waals surface area contributed by atoms with Crippen LogP contribution in [0.1, 0.15) is 30.6 Å². The fraction of sp³-hybridized carbons (Fsp3) is 0.286. The van der Waals surface area contributed by atoms with Gasteiger partial charge in [0.1, 0.15) is 5.75 Å². The number of carbonyl (C=O) groups excluding carboxylic acids is 3. The molecule has 0 aromatic heterocycles. The average Bonchev–Trinajstić information content (AvgIpc) is 2.68. The zero-order valence-electron chi connectivity index (χ0n) is 15.9. The summed E-state index contributed by atoms with van der Waals surface area (Å²) in [5, 5.41) is 4.64. The number of hydrogen-bond acceptors (Lipinski definition) is 5. The third-order valence-corrected chi connectivity index (χ3v) is 3.82. The standard InChI is InChI=1S/C21H24N2O5/c1-3-22-21(26)23-20(25)19(16-10-5-4-6-11-16)28-18(24)13-14-27-17-12-8-7-9-15(17)2/h4-12,19H,3,13-14H2,1-2H3,(H2,22,23,25,26)/t19-/m0/s1. The second-order valence-electron chi connectivity index (χ2n) is 5.99. The van der Waals surface area contributed by atoms with E-state index in [0.717, 1.165) is 5.56 Å². The molecule has 0 fully saturated rings. The van der Waals surface area contributed by atoms with E-state index in [2.05, 4.69) is 10.6 Å². The van der Waals surface area contributed by atoms with Crippen molar-refractivity contribution in [3.05, 3.63) is 65.7 Å². The van der Waals surface area contributed by atoms with Crippen molar-refractivity contribution in [2.75, 3.05) is 13.2 Å². The van der Waals surface area contributed by atoms with Gasteiger partial charge in [-0.1, -0.05) is 48.5 Å². The molecule has 0 bridgehead atoms. The highest BCUT2D eigenvalue weighted by Crippen LogP contribution is 2.19. The SMILES string of the molecule is CCNC(=O)NC(=O)[C@@H](OC(=O)CCOc1ccccc1C)c1ccccc1. The lowest BCUT2D eigenvalue weighted by atomic mass is 10.1. The van der Waals surface area contributed by atoms with Crippen LogP contribution in [0.4, 0.5) is 4.79 Å². The number of hydrogen-bond donors (Lipinski definition) is 2. The van der Waals surface area contributed by atoms with Crippen molar-refractivity contribution in [1.29, 1.82) is 0 Å². The first kappa shape index (κ1) is 21.0. The van der Waals surface area contributed by atoms with Gasteiger partial charge in [-0.05, 0) is 25.5 Å². The number of carbonyl (C=O) groups is 3. The van der Waals surface area contributed by atoms with Gasteiger partial charge in [0.15, 0.2) is 0 Å². The van der Waals surface area contributed by atoms with Gasteiger partial charge in [0.2, 0.25) is 6.10 Å². The van der Waals surface area contributed by atoms with Crippen molar-refractivity contribution < 1.29 is 23.9 Å². The van der Waals surface area contributed by atoms with Gasteiger partial charge >= 0.3 is 12.0 Å². The first-order valence-corrected chi connectivity index (χ1v) is 9.02. The fourth-order valence-corrected chi connectivity index (χ4v) is 2.44. The number of benzene rings is 2. The Labute approximate surface area is 164 Å². The second kappa shape index (κ2) is 10.7. The number of amides is 3. The summed E-state index contributed by atoms with van der Waals surface area (Å²) in [5.41, 5.74) is 1.43. The molecule has 1 atom stereocenters. The molecule has 2 N–H and O–H groups in total. The Balaban J connectivity index is 1.97. The molecule has 2 aromatic carbocycles. The van der Waals surface area contributed by atoms with Crippen LogP contribution in [0.5, 0.6) is 5.75 Å². The van der Waals surface area contributed by atoms with Gasteiger partial charge in [-0.25, -0.2) is 4.79 Å². The monoisotopic (exact) mass is 384 g/mol. The highest BCUT2D eigenvalue weighted by atomic mass is 16.6. The summed E-state index contributed by atoms with van der Waals surface area (Å²) in [7, 11) is 0. The van der Waals surface area contributed by atoms with Crippen molar-refractivity contribution in [2.24, 2.45) is 0 Å². The molecule has 0 aliphatic carbocycles. The van der Waals surface area contributed by atoms with Crippen LogP contribution in [0.2, 0.25) is 0 Å². The molecule has 0 heterocycles. The van der Waals surface area contributed by atoms with E-state index in [1.807, 2.05) is 31.2 Å². The maximum Gasteiger partial charge on any atom is 0.321 e. The van der Waals surface area contributed by atoms with Gasteiger partial charge in [0, 0.05) is 12.1 Å². The number of esters is 1. The van der Waals surface area contributed by atoms with Gasteiger partial charge in [0.25, 0.3) is 5.91 Å². The van der Waals surface area contributed by atoms with Crippen LogP contribution >= 0.6 is 0 Å². The van der Waals surface area contributed by atoms with Crippen LogP contribution in [-0.4, -0.2) is 31.1 Å². The van der Waals surface area contributed by atoms with Gasteiger partial charge in [0.05, 0.1) is 13.0 Å². The molecule has 2 rings (SSSR count). The van der Waals surface area contributed by atoms with E-state index >= 15 is 0 Å². The quantitative estimate of drug-likeness (QED) is 0.683. The van der Waals surface area contributed by atoms with Crippen molar-refractivity contribution >= 4 is 17.9 Å². The van der Waals surface area contributed by atoms with E-state index in [-0.39, 0.29) is 13.0 Å². The molecule has 3 amide bonds. The number of rotatable bonds is 8. The zero-order valence-corrected chi connectivity index (χ0v) is 15.9. The smallest absolute Gasteiger partial charge is 0.321 e. The summed E-state index contributed by atoms with van der Waals surface area (Å²) in [6.45, 7) is 4.12. The van der Waals surface area contributed by atoms with E-state index < -0.39 is 24.0 Å². The lowest BCUT2D eigenvalue weighted by Gasteiger charge is -2.18. The normalized spacial score (nSPS) is 11.2. The van der Waals surface area contributed by atoms with E-state index in [1.54, 1.807) is 37.3 Å². The lowest BCUT2D eigenvalue weighted by molar-refractivity contribution is -0.156. The highest BCUT2D eigenvalue weighted by Gasteiger charge is 2.26. The molecular formula is C21H24N2O5. The van der Waals surface area contributed by atoms with Crippen LogP contribution in [0.25, 0.3) is 0 Å². The summed E-state index contributed by atoms with van der Waals surface area (Å²) >= 11 is 0. The van der Waals surface area contributed by atoms with Gasteiger partial charge in [-0.15, -0.1) is 0 Å². The summed E-state index contributed by atoms with van der Waals surface area (Å²) < 4.78 is 10.9. The van der Waals surface area contributed by atoms with E-state index in [0.29, 0.717) is 17.9 Å². The molecule has 0 spiro atoms. The Bertz CT molecular complexity index is 807. The molecule has 0 saturated carbocycles. The van der Waals surface area contributed by atoms with Gasteiger partial charge < -0.3 is 14.8 Å². The number of ether oxygens (including phenoxy) is 2. The molecule has 7 heteroatoms. The van der Waals surface area contributed by atoms with E-state index in [9.17, 15) is 14.4 Å². The lowest BCUT2D eigenvalue weighted by Crippen LogP contribution is -2.42.